The molecule has 118 valence electrons. The van der Waals surface area contributed by atoms with E-state index in [0.717, 1.165) is 5.56 Å². The fourth-order valence-corrected chi connectivity index (χ4v) is 2.29. The Labute approximate surface area is 136 Å². The first kappa shape index (κ1) is 16.6. The Kier molecular flexibility index (Phi) is 5.37. The van der Waals surface area contributed by atoms with Gasteiger partial charge in [-0.15, -0.1) is 0 Å². The van der Waals surface area contributed by atoms with Gasteiger partial charge in [-0.05, 0) is 60.4 Å². The molecule has 4 nitrogen and oxygen atoms in total. The van der Waals surface area contributed by atoms with Crippen molar-refractivity contribution < 1.29 is 14.3 Å². The lowest BCUT2D eigenvalue weighted by Crippen LogP contribution is -2.17. The minimum absolute atomic E-state index is 0.184. The van der Waals surface area contributed by atoms with Gasteiger partial charge >= 0.3 is 5.97 Å². The number of ether oxygens (including phenoxy) is 2. The number of esters is 1. The van der Waals surface area contributed by atoms with Gasteiger partial charge in [-0.25, -0.2) is 4.79 Å². The van der Waals surface area contributed by atoms with Gasteiger partial charge in [0.15, 0.2) is 6.61 Å². The zero-order chi connectivity index (χ0) is 16.8. The first-order valence-corrected chi connectivity index (χ1v) is 7.44. The van der Waals surface area contributed by atoms with Crippen LogP contribution in [0.2, 0.25) is 0 Å². The van der Waals surface area contributed by atoms with Gasteiger partial charge < -0.3 is 9.47 Å². The van der Waals surface area contributed by atoms with Gasteiger partial charge in [-0.2, -0.15) is 5.26 Å². The molecule has 0 aliphatic rings. The van der Waals surface area contributed by atoms with E-state index < -0.39 is 5.97 Å². The summed E-state index contributed by atoms with van der Waals surface area (Å²) >= 11 is 0. The van der Waals surface area contributed by atoms with Crippen LogP contribution in [-0.2, 0) is 4.79 Å². The Morgan fingerprint density at radius 1 is 1.13 bits per heavy atom. The maximum Gasteiger partial charge on any atom is 0.349 e. The van der Waals surface area contributed by atoms with Crippen molar-refractivity contribution in [2.75, 3.05) is 6.61 Å². The lowest BCUT2D eigenvalue weighted by molar-refractivity contribution is -0.136. The van der Waals surface area contributed by atoms with Crippen LogP contribution in [0.1, 0.15) is 36.5 Å². The molecule has 0 aliphatic carbocycles. The molecule has 0 unspecified atom stereocenters. The Balaban J connectivity index is 1.91. The molecule has 0 amide bonds. The highest BCUT2D eigenvalue weighted by Crippen LogP contribution is 2.23. The van der Waals surface area contributed by atoms with Crippen molar-refractivity contribution >= 4 is 5.97 Å². The molecule has 0 bridgehead atoms. The van der Waals surface area contributed by atoms with E-state index in [1.807, 2.05) is 25.1 Å². The van der Waals surface area contributed by atoms with Crippen LogP contribution in [0.15, 0.2) is 42.5 Å². The molecule has 0 spiro atoms. The topological polar surface area (TPSA) is 59.3 Å². The van der Waals surface area contributed by atoms with E-state index >= 15 is 0 Å². The van der Waals surface area contributed by atoms with Crippen molar-refractivity contribution in [1.82, 2.24) is 0 Å². The minimum atomic E-state index is -0.467. The van der Waals surface area contributed by atoms with Crippen molar-refractivity contribution in [2.45, 2.75) is 26.7 Å². The molecule has 0 saturated carbocycles. The Morgan fingerprint density at radius 3 is 2.35 bits per heavy atom. The van der Waals surface area contributed by atoms with Crippen molar-refractivity contribution in [3.63, 3.8) is 0 Å². The highest BCUT2D eigenvalue weighted by Gasteiger charge is 2.09. The molecule has 4 heteroatoms. The predicted molar refractivity (Wildman–Crippen MR) is 87.6 cm³/mol. The van der Waals surface area contributed by atoms with E-state index in [1.165, 1.54) is 5.56 Å². The summed E-state index contributed by atoms with van der Waals surface area (Å²) in [6.07, 6.45) is 0. The Hall–Kier alpha value is -2.80. The number of carbonyl (C=O) groups is 1. The fourth-order valence-electron chi connectivity index (χ4n) is 2.29. The van der Waals surface area contributed by atoms with E-state index in [9.17, 15) is 4.79 Å². The molecule has 2 aromatic carbocycles. The van der Waals surface area contributed by atoms with Gasteiger partial charge in [0.25, 0.3) is 0 Å². The molecule has 0 heterocycles. The van der Waals surface area contributed by atoms with Crippen molar-refractivity contribution in [1.29, 1.82) is 5.26 Å². The summed E-state index contributed by atoms with van der Waals surface area (Å²) in [5.41, 5.74) is 2.87. The van der Waals surface area contributed by atoms with Crippen LogP contribution >= 0.6 is 0 Å². The number of nitriles is 1. The first-order chi connectivity index (χ1) is 11.0. The number of benzene rings is 2. The van der Waals surface area contributed by atoms with Crippen molar-refractivity contribution in [3.05, 3.63) is 59.2 Å². The zero-order valence-electron chi connectivity index (χ0n) is 13.5. The lowest BCUT2D eigenvalue weighted by Gasteiger charge is -2.12. The van der Waals surface area contributed by atoms with E-state index in [4.69, 9.17) is 14.7 Å². The lowest BCUT2D eigenvalue weighted by atomic mass is 9.98. The van der Waals surface area contributed by atoms with Crippen LogP contribution in [-0.4, -0.2) is 12.6 Å². The molecule has 23 heavy (non-hydrogen) atoms. The first-order valence-electron chi connectivity index (χ1n) is 7.44. The Morgan fingerprint density at radius 2 is 1.78 bits per heavy atom. The molecule has 0 aromatic heterocycles. The second kappa shape index (κ2) is 7.46. The average Bonchev–Trinajstić information content (AvgIpc) is 2.53. The quantitative estimate of drug-likeness (QED) is 0.619. The molecule has 0 radical (unpaired) electrons. The summed E-state index contributed by atoms with van der Waals surface area (Å²) in [5.74, 6) is 0.998. The van der Waals surface area contributed by atoms with Gasteiger partial charge in [-0.1, -0.05) is 19.9 Å². The zero-order valence-corrected chi connectivity index (χ0v) is 13.5. The molecule has 2 aromatic rings. The van der Waals surface area contributed by atoms with Crippen molar-refractivity contribution in [2.24, 2.45) is 0 Å². The normalized spacial score (nSPS) is 10.2. The number of hydrogen-bond acceptors (Lipinski definition) is 4. The van der Waals surface area contributed by atoms with Gasteiger partial charge in [-0.3, -0.25) is 0 Å². The second-order valence-corrected chi connectivity index (χ2v) is 5.57. The van der Waals surface area contributed by atoms with E-state index in [2.05, 4.69) is 13.8 Å². The highest BCUT2D eigenvalue weighted by atomic mass is 16.6. The van der Waals surface area contributed by atoms with Gasteiger partial charge in [0, 0.05) is 0 Å². The van der Waals surface area contributed by atoms with Crippen LogP contribution in [0.3, 0.4) is 0 Å². The summed E-state index contributed by atoms with van der Waals surface area (Å²) in [6.45, 7) is 6.07. The number of nitrogens with zero attached hydrogens (tertiary/aromatic N) is 1. The number of hydrogen-bond donors (Lipinski definition) is 0. The summed E-state index contributed by atoms with van der Waals surface area (Å²) < 4.78 is 10.6. The SMILES string of the molecule is Cc1cc(OC(=O)COc2ccc(C#N)cc2)ccc1C(C)C. The highest BCUT2D eigenvalue weighted by molar-refractivity contribution is 5.74. The van der Waals surface area contributed by atoms with Gasteiger partial charge in [0.1, 0.15) is 11.5 Å². The molecular weight excluding hydrogens is 290 g/mol. The largest absolute Gasteiger partial charge is 0.482 e. The third-order valence-electron chi connectivity index (χ3n) is 3.44. The van der Waals surface area contributed by atoms with Crippen LogP contribution in [0, 0.1) is 18.3 Å². The molecule has 0 atom stereocenters. The molecule has 0 saturated heterocycles. The van der Waals surface area contributed by atoms with E-state index in [-0.39, 0.29) is 6.61 Å². The van der Waals surface area contributed by atoms with Gasteiger partial charge in [0.2, 0.25) is 0 Å². The molecule has 2 rings (SSSR count). The minimum Gasteiger partial charge on any atom is -0.482 e. The standard InChI is InChI=1S/C19H19NO3/c1-13(2)18-9-8-17(10-14(18)3)23-19(21)12-22-16-6-4-15(11-20)5-7-16/h4-10,13H,12H2,1-3H3. The van der Waals surface area contributed by atoms with E-state index in [1.54, 1.807) is 30.3 Å². The molecule has 0 N–H and O–H groups in total. The average molecular weight is 309 g/mol. The summed E-state index contributed by atoms with van der Waals surface area (Å²) in [5, 5.41) is 8.72. The molecular formula is C19H19NO3. The smallest absolute Gasteiger partial charge is 0.349 e. The van der Waals surface area contributed by atoms with Crippen LogP contribution < -0.4 is 9.47 Å². The molecule has 0 fully saturated rings. The summed E-state index contributed by atoms with van der Waals surface area (Å²) in [7, 11) is 0. The monoisotopic (exact) mass is 309 g/mol. The van der Waals surface area contributed by atoms with Gasteiger partial charge in [0.05, 0.1) is 11.6 Å². The van der Waals surface area contributed by atoms with Crippen LogP contribution in [0.5, 0.6) is 11.5 Å². The molecule has 0 aliphatic heterocycles. The van der Waals surface area contributed by atoms with Crippen molar-refractivity contribution in [3.8, 4) is 17.6 Å². The number of rotatable bonds is 5. The number of aryl methyl sites for hydroxylation is 1. The van der Waals surface area contributed by atoms with E-state index in [0.29, 0.717) is 23.0 Å². The number of carbonyl (C=O) groups excluding carboxylic acids is 1. The Bertz CT molecular complexity index is 727. The maximum atomic E-state index is 11.8. The summed E-state index contributed by atoms with van der Waals surface area (Å²) in [6, 6.07) is 14.2. The predicted octanol–water partition coefficient (Wildman–Crippen LogP) is 3.97. The third kappa shape index (κ3) is 4.58. The van der Waals surface area contributed by atoms with Crippen LogP contribution in [0.25, 0.3) is 0 Å². The summed E-state index contributed by atoms with van der Waals surface area (Å²) in [4.78, 5) is 11.8. The van der Waals surface area contributed by atoms with Crippen LogP contribution in [0.4, 0.5) is 0 Å². The third-order valence-corrected chi connectivity index (χ3v) is 3.44. The second-order valence-electron chi connectivity index (χ2n) is 5.57. The fraction of sp³-hybridized carbons (Fsp3) is 0.263. The maximum absolute atomic E-state index is 11.8.